The fourth-order valence-electron chi connectivity index (χ4n) is 3.52. The summed E-state index contributed by atoms with van der Waals surface area (Å²) in [5.41, 5.74) is 3.32. The first kappa shape index (κ1) is 22.7. The molecule has 1 aliphatic heterocycles. The van der Waals surface area contributed by atoms with E-state index in [2.05, 4.69) is 10.0 Å². The van der Waals surface area contributed by atoms with Crippen molar-refractivity contribution in [3.63, 3.8) is 0 Å². The van der Waals surface area contributed by atoms with Crippen molar-refractivity contribution in [3.05, 3.63) is 82.9 Å². The van der Waals surface area contributed by atoms with Crippen molar-refractivity contribution in [3.8, 4) is 11.5 Å². The second-order valence-electron chi connectivity index (χ2n) is 8.09. The number of fused-ring (bicyclic) bond motifs is 1. The van der Waals surface area contributed by atoms with Crippen LogP contribution >= 0.6 is 0 Å². The van der Waals surface area contributed by atoms with Crippen molar-refractivity contribution in [1.29, 1.82) is 0 Å². The zero-order valence-corrected chi connectivity index (χ0v) is 19.5. The second-order valence-corrected chi connectivity index (χ2v) is 9.74. The van der Waals surface area contributed by atoms with E-state index in [0.29, 0.717) is 29.4 Å². The van der Waals surface area contributed by atoms with E-state index in [1.165, 1.54) is 6.07 Å². The summed E-state index contributed by atoms with van der Waals surface area (Å²) < 4.78 is 40.2. The fourth-order valence-corrected chi connectivity index (χ4v) is 4.84. The van der Waals surface area contributed by atoms with Crippen LogP contribution in [0.25, 0.3) is 0 Å². The molecule has 0 aromatic heterocycles. The van der Waals surface area contributed by atoms with Crippen LogP contribution in [-0.4, -0.2) is 33.6 Å². The van der Waals surface area contributed by atoms with E-state index in [4.69, 9.17) is 9.47 Å². The van der Waals surface area contributed by atoms with E-state index in [1.807, 2.05) is 44.2 Å². The van der Waals surface area contributed by atoms with Crippen molar-refractivity contribution >= 4 is 21.6 Å². The average Bonchev–Trinajstić information content (AvgIpc) is 2.79. The number of anilines is 1. The molecule has 0 unspecified atom stereocenters. The van der Waals surface area contributed by atoms with Gasteiger partial charge in [-0.05, 0) is 73.9 Å². The van der Waals surface area contributed by atoms with Gasteiger partial charge in [0.1, 0.15) is 12.7 Å². The van der Waals surface area contributed by atoms with Crippen molar-refractivity contribution < 1.29 is 22.7 Å². The monoisotopic (exact) mass is 466 g/mol. The third-order valence-corrected chi connectivity index (χ3v) is 7.08. The molecule has 0 saturated carbocycles. The van der Waals surface area contributed by atoms with Crippen LogP contribution in [-0.2, 0) is 10.0 Å². The minimum Gasteiger partial charge on any atom is -0.486 e. The lowest BCUT2D eigenvalue weighted by molar-refractivity contribution is 0.0789. The molecule has 33 heavy (non-hydrogen) atoms. The number of hydrogen-bond donors (Lipinski definition) is 2. The Bertz CT molecular complexity index is 1300. The molecule has 1 amide bonds. The van der Waals surface area contributed by atoms with E-state index in [9.17, 15) is 13.2 Å². The zero-order valence-electron chi connectivity index (χ0n) is 18.7. The van der Waals surface area contributed by atoms with Gasteiger partial charge in [0.15, 0.2) is 11.5 Å². The third kappa shape index (κ3) is 5.12. The molecule has 0 fully saturated rings. The lowest BCUT2D eigenvalue weighted by Gasteiger charge is -2.26. The number of aryl methyl sites for hydroxylation is 3. The molecule has 1 atom stereocenters. The van der Waals surface area contributed by atoms with E-state index in [0.717, 1.165) is 11.1 Å². The Labute approximate surface area is 193 Å². The van der Waals surface area contributed by atoms with Crippen LogP contribution in [0.1, 0.15) is 27.0 Å². The SMILES string of the molecule is Cc1ccc(NS(=O)(=O)c2cc(C(=O)NC[C@@H]3COc4ccccc4O3)ccc2C)cc1C. The Balaban J connectivity index is 1.46. The van der Waals surface area contributed by atoms with Gasteiger partial charge in [0.25, 0.3) is 15.9 Å². The number of rotatable bonds is 6. The highest BCUT2D eigenvalue weighted by atomic mass is 32.2. The Morgan fingerprint density at radius 3 is 2.42 bits per heavy atom. The first-order valence-corrected chi connectivity index (χ1v) is 12.1. The number of nitrogens with one attached hydrogen (secondary N) is 2. The Kier molecular flexibility index (Phi) is 6.29. The highest BCUT2D eigenvalue weighted by molar-refractivity contribution is 7.92. The number of ether oxygens (including phenoxy) is 2. The van der Waals surface area contributed by atoms with Crippen molar-refractivity contribution in [2.24, 2.45) is 0 Å². The third-order valence-electron chi connectivity index (χ3n) is 5.56. The lowest BCUT2D eigenvalue weighted by Crippen LogP contribution is -2.40. The largest absolute Gasteiger partial charge is 0.486 e. The van der Waals surface area contributed by atoms with Crippen molar-refractivity contribution in [1.82, 2.24) is 5.32 Å². The molecule has 3 aromatic carbocycles. The second kappa shape index (κ2) is 9.15. The highest BCUT2D eigenvalue weighted by Crippen LogP contribution is 2.30. The van der Waals surface area contributed by atoms with Crippen LogP contribution in [0.4, 0.5) is 5.69 Å². The number of para-hydroxylation sites is 2. The topological polar surface area (TPSA) is 93.7 Å². The fraction of sp³-hybridized carbons (Fsp3) is 0.240. The summed E-state index contributed by atoms with van der Waals surface area (Å²) >= 11 is 0. The average molecular weight is 467 g/mol. The van der Waals surface area contributed by atoms with Crippen molar-refractivity contribution in [2.75, 3.05) is 17.9 Å². The van der Waals surface area contributed by atoms with E-state index >= 15 is 0 Å². The summed E-state index contributed by atoms with van der Waals surface area (Å²) in [5, 5.41) is 2.80. The predicted octanol–water partition coefficient (Wildman–Crippen LogP) is 3.98. The van der Waals surface area contributed by atoms with Crippen LogP contribution in [0, 0.1) is 20.8 Å². The van der Waals surface area contributed by atoms with Gasteiger partial charge >= 0.3 is 0 Å². The maximum Gasteiger partial charge on any atom is 0.262 e. The summed E-state index contributed by atoms with van der Waals surface area (Å²) in [6.45, 7) is 6.11. The molecule has 3 aromatic rings. The summed E-state index contributed by atoms with van der Waals surface area (Å²) in [6.07, 6.45) is -0.344. The molecule has 0 aliphatic carbocycles. The number of hydrogen-bond acceptors (Lipinski definition) is 5. The molecule has 0 saturated heterocycles. The molecule has 0 spiro atoms. The molecule has 1 aliphatic rings. The van der Waals surface area contributed by atoms with Crippen LogP contribution < -0.4 is 19.5 Å². The maximum absolute atomic E-state index is 13.0. The smallest absolute Gasteiger partial charge is 0.262 e. The molecule has 4 rings (SSSR count). The molecule has 8 heteroatoms. The Morgan fingerprint density at radius 1 is 0.939 bits per heavy atom. The van der Waals surface area contributed by atoms with Gasteiger partial charge in [0.05, 0.1) is 11.4 Å². The van der Waals surface area contributed by atoms with E-state index in [1.54, 1.807) is 31.2 Å². The molecule has 2 N–H and O–H groups in total. The molecular weight excluding hydrogens is 440 g/mol. The van der Waals surface area contributed by atoms with Crippen molar-refractivity contribution in [2.45, 2.75) is 31.8 Å². The van der Waals surface area contributed by atoms with Crippen LogP contribution in [0.15, 0.2) is 65.6 Å². The van der Waals surface area contributed by atoms with Gasteiger partial charge in [0.2, 0.25) is 0 Å². The molecular formula is C25H26N2O5S. The minimum atomic E-state index is -3.87. The molecule has 172 valence electrons. The molecule has 0 radical (unpaired) electrons. The Hall–Kier alpha value is -3.52. The number of carbonyl (C=O) groups is 1. The number of amides is 1. The first-order chi connectivity index (χ1) is 15.7. The maximum atomic E-state index is 13.0. The van der Waals surface area contributed by atoms with Crippen LogP contribution in [0.3, 0.4) is 0 Å². The van der Waals surface area contributed by atoms with Gasteiger partial charge in [-0.2, -0.15) is 0 Å². The minimum absolute atomic E-state index is 0.0551. The van der Waals surface area contributed by atoms with Crippen LogP contribution in [0.5, 0.6) is 11.5 Å². The normalized spacial score (nSPS) is 15.1. The van der Waals surface area contributed by atoms with Gasteiger partial charge in [-0.3, -0.25) is 9.52 Å². The number of benzene rings is 3. The zero-order chi connectivity index (χ0) is 23.6. The predicted molar refractivity (Wildman–Crippen MR) is 127 cm³/mol. The summed E-state index contributed by atoms with van der Waals surface area (Å²) in [4.78, 5) is 12.8. The number of sulfonamides is 1. The number of carbonyl (C=O) groups excluding carboxylic acids is 1. The lowest BCUT2D eigenvalue weighted by atomic mass is 10.1. The van der Waals surface area contributed by atoms with Gasteiger partial charge in [-0.25, -0.2) is 8.42 Å². The summed E-state index contributed by atoms with van der Waals surface area (Å²) in [5.74, 6) is 0.911. The van der Waals surface area contributed by atoms with Gasteiger partial charge in [-0.1, -0.05) is 24.3 Å². The van der Waals surface area contributed by atoms with Gasteiger partial charge < -0.3 is 14.8 Å². The van der Waals surface area contributed by atoms with Gasteiger partial charge in [-0.15, -0.1) is 0 Å². The quantitative estimate of drug-likeness (QED) is 0.573. The van der Waals surface area contributed by atoms with Gasteiger partial charge in [0, 0.05) is 11.3 Å². The van der Waals surface area contributed by atoms with Crippen LogP contribution in [0.2, 0.25) is 0 Å². The Morgan fingerprint density at radius 2 is 1.67 bits per heavy atom. The summed E-state index contributed by atoms with van der Waals surface area (Å²) in [7, 11) is -3.87. The highest BCUT2D eigenvalue weighted by Gasteiger charge is 2.23. The summed E-state index contributed by atoms with van der Waals surface area (Å²) in [6, 6.07) is 17.3. The van der Waals surface area contributed by atoms with E-state index < -0.39 is 10.0 Å². The first-order valence-electron chi connectivity index (χ1n) is 10.6. The molecule has 1 heterocycles. The standard InChI is InChI=1S/C25H26N2O5S/c1-16-9-11-20(12-18(16)3)27-33(29,30)24-13-19(10-8-17(24)2)25(28)26-14-21-15-31-22-6-4-5-7-23(22)32-21/h4-13,21,27H,14-15H2,1-3H3,(H,26,28)/t21-/m1/s1. The molecule has 0 bridgehead atoms. The van der Waals surface area contributed by atoms with E-state index in [-0.39, 0.29) is 29.0 Å². The molecule has 7 nitrogen and oxygen atoms in total.